The minimum Gasteiger partial charge on any atom is -0.490 e. The van der Waals surface area contributed by atoms with Gasteiger partial charge in [0, 0.05) is 11.6 Å². The van der Waals surface area contributed by atoms with Crippen molar-refractivity contribution in [1.29, 1.82) is 0 Å². The lowest BCUT2D eigenvalue weighted by Crippen LogP contribution is -2.21. The average Bonchev–Trinajstić information content (AvgIpc) is 2.89. The molecule has 0 aliphatic heterocycles. The Balaban J connectivity index is 2.11. The van der Waals surface area contributed by atoms with E-state index in [4.69, 9.17) is 4.74 Å². The Kier molecular flexibility index (Phi) is 5.26. The van der Waals surface area contributed by atoms with E-state index in [2.05, 4.69) is 44.3 Å². The number of hydrogen-bond donors (Lipinski definition) is 1. The van der Waals surface area contributed by atoms with E-state index in [1.165, 1.54) is 36.8 Å². The third kappa shape index (κ3) is 3.97. The molecule has 0 aromatic heterocycles. The molecule has 2 heteroatoms. The van der Waals surface area contributed by atoms with Gasteiger partial charge in [0.1, 0.15) is 5.75 Å². The molecule has 1 aliphatic rings. The summed E-state index contributed by atoms with van der Waals surface area (Å²) in [5.41, 5.74) is 2.57. The van der Waals surface area contributed by atoms with Crippen LogP contribution in [0.15, 0.2) is 18.2 Å². The highest BCUT2D eigenvalue weighted by atomic mass is 16.5. The zero-order chi connectivity index (χ0) is 13.7. The van der Waals surface area contributed by atoms with Crippen LogP contribution < -0.4 is 10.1 Å². The summed E-state index contributed by atoms with van der Waals surface area (Å²) < 4.78 is 6.25. The Labute approximate surface area is 117 Å². The maximum atomic E-state index is 6.25. The van der Waals surface area contributed by atoms with Crippen LogP contribution in [-0.4, -0.2) is 12.6 Å². The molecule has 0 saturated heterocycles. The summed E-state index contributed by atoms with van der Waals surface area (Å²) in [6.07, 6.45) is 6.65. The van der Waals surface area contributed by atoms with Crippen LogP contribution in [0.2, 0.25) is 0 Å². The van der Waals surface area contributed by atoms with Crippen LogP contribution in [0.1, 0.15) is 63.1 Å². The maximum absolute atomic E-state index is 6.25. The van der Waals surface area contributed by atoms with Crippen molar-refractivity contribution in [2.24, 2.45) is 0 Å². The number of nitrogens with one attached hydrogen (secondary N) is 1. The summed E-state index contributed by atoms with van der Waals surface area (Å²) in [6.45, 7) is 7.61. The molecule has 1 aliphatic carbocycles. The van der Waals surface area contributed by atoms with Crippen molar-refractivity contribution in [2.75, 3.05) is 6.54 Å². The Bertz CT molecular complexity index is 396. The highest BCUT2D eigenvalue weighted by Gasteiger charge is 2.19. The molecule has 0 spiro atoms. The van der Waals surface area contributed by atoms with Crippen LogP contribution in [0.25, 0.3) is 0 Å². The normalized spacial score (nSPS) is 17.6. The van der Waals surface area contributed by atoms with Gasteiger partial charge < -0.3 is 10.1 Å². The third-order valence-electron chi connectivity index (χ3n) is 3.93. The van der Waals surface area contributed by atoms with Crippen molar-refractivity contribution in [1.82, 2.24) is 5.32 Å². The number of hydrogen-bond acceptors (Lipinski definition) is 2. The first kappa shape index (κ1) is 14.4. The van der Waals surface area contributed by atoms with Gasteiger partial charge in [0.15, 0.2) is 0 Å². The van der Waals surface area contributed by atoms with Gasteiger partial charge >= 0.3 is 0 Å². The summed E-state index contributed by atoms with van der Waals surface area (Å²) in [5, 5.41) is 3.55. The minimum atomic E-state index is 0.358. The van der Waals surface area contributed by atoms with Gasteiger partial charge in [-0.25, -0.2) is 0 Å². The lowest BCUT2D eigenvalue weighted by molar-refractivity contribution is 0.206. The van der Waals surface area contributed by atoms with E-state index >= 15 is 0 Å². The molecule has 0 radical (unpaired) electrons. The zero-order valence-electron chi connectivity index (χ0n) is 12.5. The minimum absolute atomic E-state index is 0.358. The fourth-order valence-corrected chi connectivity index (χ4v) is 2.76. The fourth-order valence-electron chi connectivity index (χ4n) is 2.76. The first-order valence-electron chi connectivity index (χ1n) is 7.71. The molecule has 2 rings (SSSR count). The molecule has 1 atom stereocenters. The first-order valence-corrected chi connectivity index (χ1v) is 7.71. The molecule has 2 nitrogen and oxygen atoms in total. The Morgan fingerprint density at radius 3 is 2.74 bits per heavy atom. The lowest BCUT2D eigenvalue weighted by Gasteiger charge is -2.21. The largest absolute Gasteiger partial charge is 0.490 e. The van der Waals surface area contributed by atoms with Gasteiger partial charge in [-0.1, -0.05) is 19.1 Å². The van der Waals surface area contributed by atoms with E-state index < -0.39 is 0 Å². The molecule has 0 amide bonds. The van der Waals surface area contributed by atoms with Crippen LogP contribution in [0.5, 0.6) is 5.75 Å². The van der Waals surface area contributed by atoms with Crippen molar-refractivity contribution in [3.05, 3.63) is 29.3 Å². The second-order valence-corrected chi connectivity index (χ2v) is 5.74. The van der Waals surface area contributed by atoms with Crippen LogP contribution in [-0.2, 0) is 0 Å². The Morgan fingerprint density at radius 1 is 1.32 bits per heavy atom. The first-order chi connectivity index (χ1) is 9.20. The van der Waals surface area contributed by atoms with Gasteiger partial charge in [-0.3, -0.25) is 0 Å². The average molecular weight is 261 g/mol. The molecule has 106 valence electrons. The van der Waals surface area contributed by atoms with Gasteiger partial charge in [-0.15, -0.1) is 0 Å². The van der Waals surface area contributed by atoms with Crippen LogP contribution in [0.3, 0.4) is 0 Å². The molecule has 1 aromatic rings. The van der Waals surface area contributed by atoms with Crippen LogP contribution in [0.4, 0.5) is 0 Å². The third-order valence-corrected chi connectivity index (χ3v) is 3.93. The number of benzene rings is 1. The lowest BCUT2D eigenvalue weighted by atomic mass is 10.0. The molecule has 1 unspecified atom stereocenters. The number of rotatable bonds is 6. The van der Waals surface area contributed by atoms with Gasteiger partial charge in [-0.2, -0.15) is 0 Å². The molecule has 0 bridgehead atoms. The van der Waals surface area contributed by atoms with Crippen molar-refractivity contribution in [3.63, 3.8) is 0 Å². The molecule has 1 N–H and O–H groups in total. The number of aryl methyl sites for hydroxylation is 1. The SMILES string of the molecule is CCCNC(C)c1ccc(C)cc1OC1CCCC1. The molecule has 19 heavy (non-hydrogen) atoms. The van der Waals surface area contributed by atoms with Crippen molar-refractivity contribution in [3.8, 4) is 5.75 Å². The second-order valence-electron chi connectivity index (χ2n) is 5.74. The van der Waals surface area contributed by atoms with E-state index in [0.29, 0.717) is 12.1 Å². The van der Waals surface area contributed by atoms with E-state index in [1.807, 2.05) is 0 Å². The molecular formula is C17H27NO. The van der Waals surface area contributed by atoms with E-state index in [1.54, 1.807) is 0 Å². The van der Waals surface area contributed by atoms with Crippen molar-refractivity contribution >= 4 is 0 Å². The Morgan fingerprint density at radius 2 is 2.05 bits per heavy atom. The summed E-state index contributed by atoms with van der Waals surface area (Å²) in [7, 11) is 0. The van der Waals surface area contributed by atoms with Gasteiger partial charge in [0.05, 0.1) is 6.10 Å². The Hall–Kier alpha value is -1.02. The van der Waals surface area contributed by atoms with E-state index in [0.717, 1.165) is 18.7 Å². The summed E-state index contributed by atoms with van der Waals surface area (Å²) in [4.78, 5) is 0. The van der Waals surface area contributed by atoms with Gasteiger partial charge in [0.2, 0.25) is 0 Å². The van der Waals surface area contributed by atoms with Gasteiger partial charge in [0.25, 0.3) is 0 Å². The van der Waals surface area contributed by atoms with Crippen LogP contribution >= 0.6 is 0 Å². The standard InChI is InChI=1S/C17H27NO/c1-4-11-18-14(3)16-10-9-13(2)12-17(16)19-15-7-5-6-8-15/h9-10,12,14-15,18H,4-8,11H2,1-3H3. The monoisotopic (exact) mass is 261 g/mol. The quantitative estimate of drug-likeness (QED) is 0.820. The maximum Gasteiger partial charge on any atom is 0.124 e. The topological polar surface area (TPSA) is 21.3 Å². The molecular weight excluding hydrogens is 234 g/mol. The zero-order valence-corrected chi connectivity index (χ0v) is 12.5. The van der Waals surface area contributed by atoms with Crippen molar-refractivity contribution in [2.45, 2.75) is 65.0 Å². The highest BCUT2D eigenvalue weighted by molar-refractivity contribution is 5.39. The van der Waals surface area contributed by atoms with Crippen molar-refractivity contribution < 1.29 is 4.74 Å². The fraction of sp³-hybridized carbons (Fsp3) is 0.647. The summed E-state index contributed by atoms with van der Waals surface area (Å²) in [5.74, 6) is 1.09. The van der Waals surface area contributed by atoms with Crippen LogP contribution in [0, 0.1) is 6.92 Å². The molecule has 1 aromatic carbocycles. The smallest absolute Gasteiger partial charge is 0.124 e. The number of ether oxygens (including phenoxy) is 1. The summed E-state index contributed by atoms with van der Waals surface area (Å²) in [6, 6.07) is 6.95. The second kappa shape index (κ2) is 6.95. The molecule has 0 heterocycles. The molecule has 1 fully saturated rings. The predicted molar refractivity (Wildman–Crippen MR) is 80.8 cm³/mol. The predicted octanol–water partition coefficient (Wildman–Crippen LogP) is 4.38. The molecule has 1 saturated carbocycles. The van der Waals surface area contributed by atoms with Gasteiger partial charge in [-0.05, 0) is 64.1 Å². The van der Waals surface area contributed by atoms with E-state index in [9.17, 15) is 0 Å². The summed E-state index contributed by atoms with van der Waals surface area (Å²) >= 11 is 0. The van der Waals surface area contributed by atoms with E-state index in [-0.39, 0.29) is 0 Å². The highest BCUT2D eigenvalue weighted by Crippen LogP contribution is 2.30.